The van der Waals surface area contributed by atoms with Crippen LogP contribution in [-0.4, -0.2) is 18.0 Å². The zero-order chi connectivity index (χ0) is 9.99. The predicted octanol–water partition coefficient (Wildman–Crippen LogP) is 3.23. The molecule has 0 aromatic carbocycles. The van der Waals surface area contributed by atoms with E-state index in [2.05, 4.69) is 6.92 Å². The molecule has 0 saturated carbocycles. The Balaban J connectivity index is 4.38. The first kappa shape index (κ1) is 11.6. The largest absolute Gasteiger partial charge is 0.340 e. The molecule has 0 aliphatic carbocycles. The molecule has 0 fully saturated rings. The van der Waals surface area contributed by atoms with Gasteiger partial charge in [0, 0.05) is 6.92 Å². The summed E-state index contributed by atoms with van der Waals surface area (Å²) >= 11 is 0. The van der Waals surface area contributed by atoms with Crippen molar-refractivity contribution in [2.45, 2.75) is 37.8 Å². The van der Waals surface area contributed by atoms with E-state index in [4.69, 9.17) is 0 Å². The first-order chi connectivity index (χ1) is 5.23. The summed E-state index contributed by atoms with van der Waals surface area (Å²) in [5.74, 6) is -8.91. The Bertz CT molecular complexity index is 137. The summed E-state index contributed by atoms with van der Waals surface area (Å²) in [5.41, 5.74) is 0. The highest BCUT2D eigenvalue weighted by atomic mass is 19.3. The molecule has 0 amide bonds. The van der Waals surface area contributed by atoms with Crippen molar-refractivity contribution in [3.63, 3.8) is 0 Å². The van der Waals surface area contributed by atoms with Crippen LogP contribution in [0.25, 0.3) is 0 Å². The smallest absolute Gasteiger partial charge is 0.241 e. The van der Waals surface area contributed by atoms with Crippen LogP contribution in [0, 0.1) is 6.92 Å². The third kappa shape index (κ3) is 2.32. The Hall–Kier alpha value is -0.350. The average Bonchev–Trinajstić information content (AvgIpc) is 1.85. The van der Waals surface area contributed by atoms with Crippen LogP contribution >= 0.6 is 0 Å². The van der Waals surface area contributed by atoms with Crippen LogP contribution in [0.3, 0.4) is 0 Å². The van der Waals surface area contributed by atoms with Crippen molar-refractivity contribution in [1.29, 1.82) is 0 Å². The maximum absolute atomic E-state index is 12.4. The van der Waals surface area contributed by atoms with E-state index in [1.54, 1.807) is 0 Å². The lowest BCUT2D eigenvalue weighted by atomic mass is 10.0. The molecule has 0 aliphatic heterocycles. The Morgan fingerprint density at radius 3 is 1.92 bits per heavy atom. The quantitative estimate of drug-likeness (QED) is 0.595. The second-order valence-electron chi connectivity index (χ2n) is 2.62. The lowest BCUT2D eigenvalue weighted by Gasteiger charge is -2.25. The van der Waals surface area contributed by atoms with Crippen LogP contribution in [0.2, 0.25) is 0 Å². The summed E-state index contributed by atoms with van der Waals surface area (Å²) in [7, 11) is 0. The van der Waals surface area contributed by atoms with Gasteiger partial charge in [-0.1, -0.05) is 13.3 Å². The van der Waals surface area contributed by atoms with E-state index in [9.17, 15) is 22.0 Å². The first-order valence-corrected chi connectivity index (χ1v) is 3.42. The van der Waals surface area contributed by atoms with Crippen molar-refractivity contribution in [1.82, 2.24) is 0 Å². The van der Waals surface area contributed by atoms with Crippen LogP contribution in [0.5, 0.6) is 0 Å². The summed E-state index contributed by atoms with van der Waals surface area (Å²) in [6.45, 7) is 3.11. The van der Waals surface area contributed by atoms with Crippen molar-refractivity contribution in [3.05, 3.63) is 6.92 Å². The van der Waals surface area contributed by atoms with Gasteiger partial charge in [-0.2, -0.15) is 8.78 Å². The number of halogens is 5. The normalized spacial score (nSPS) is 16.2. The van der Waals surface area contributed by atoms with Gasteiger partial charge in [0.2, 0.25) is 0 Å². The summed E-state index contributed by atoms with van der Waals surface area (Å²) in [6, 6.07) is 0. The van der Waals surface area contributed by atoms with Crippen LogP contribution in [0.1, 0.15) is 19.8 Å². The van der Waals surface area contributed by atoms with Crippen LogP contribution < -0.4 is 0 Å². The van der Waals surface area contributed by atoms with Gasteiger partial charge in [0.05, 0.1) is 0 Å². The second kappa shape index (κ2) is 3.58. The van der Waals surface area contributed by atoms with Crippen molar-refractivity contribution >= 4 is 0 Å². The van der Waals surface area contributed by atoms with Crippen LogP contribution in [0.4, 0.5) is 22.0 Å². The van der Waals surface area contributed by atoms with Crippen LogP contribution in [0.15, 0.2) is 0 Å². The SMILES string of the molecule is [CH2]CC[C@H](F)C(F)(F)C(C)(F)F. The molecule has 1 atom stereocenters. The molecule has 12 heavy (non-hydrogen) atoms. The molecule has 1 radical (unpaired) electrons. The highest BCUT2D eigenvalue weighted by Gasteiger charge is 2.57. The summed E-state index contributed by atoms with van der Waals surface area (Å²) < 4.78 is 61.3. The second-order valence-corrected chi connectivity index (χ2v) is 2.62. The molecule has 73 valence electrons. The van der Waals surface area contributed by atoms with Gasteiger partial charge in [0.1, 0.15) is 0 Å². The molecule has 0 N–H and O–H groups in total. The molecule has 0 nitrogen and oxygen atoms in total. The lowest BCUT2D eigenvalue weighted by Crippen LogP contribution is -2.45. The van der Waals surface area contributed by atoms with E-state index in [0.29, 0.717) is 0 Å². The van der Waals surface area contributed by atoms with E-state index in [1.807, 2.05) is 0 Å². The third-order valence-electron chi connectivity index (χ3n) is 1.44. The molecular weight excluding hydrogens is 179 g/mol. The zero-order valence-electron chi connectivity index (χ0n) is 6.59. The summed E-state index contributed by atoms with van der Waals surface area (Å²) in [4.78, 5) is 0. The Morgan fingerprint density at radius 2 is 1.67 bits per heavy atom. The molecule has 0 bridgehead atoms. The molecule has 0 spiro atoms. The number of hydrogen-bond donors (Lipinski definition) is 0. The molecule has 0 aliphatic rings. The summed E-state index contributed by atoms with van der Waals surface area (Å²) in [6.07, 6.45) is -3.61. The molecule has 0 aromatic rings. The topological polar surface area (TPSA) is 0 Å². The minimum absolute atomic E-state index is 0.00265. The Kier molecular flexibility index (Phi) is 3.47. The van der Waals surface area contributed by atoms with Gasteiger partial charge >= 0.3 is 11.8 Å². The molecule has 0 unspecified atom stereocenters. The molecule has 0 rings (SSSR count). The minimum Gasteiger partial charge on any atom is -0.241 e. The fraction of sp³-hybridized carbons (Fsp3) is 0.857. The van der Waals surface area contributed by atoms with E-state index in [-0.39, 0.29) is 13.3 Å². The van der Waals surface area contributed by atoms with Crippen molar-refractivity contribution in [2.24, 2.45) is 0 Å². The molecule has 0 aromatic heterocycles. The minimum atomic E-state index is -4.59. The van der Waals surface area contributed by atoms with Gasteiger partial charge in [-0.15, -0.1) is 0 Å². The predicted molar refractivity (Wildman–Crippen MR) is 35.1 cm³/mol. The van der Waals surface area contributed by atoms with Crippen molar-refractivity contribution < 1.29 is 22.0 Å². The van der Waals surface area contributed by atoms with Crippen molar-refractivity contribution in [3.8, 4) is 0 Å². The average molecular weight is 189 g/mol. The Labute approximate surface area is 67.8 Å². The van der Waals surface area contributed by atoms with Gasteiger partial charge in [-0.25, -0.2) is 13.2 Å². The molecule has 0 saturated heterocycles. The monoisotopic (exact) mass is 189 g/mol. The van der Waals surface area contributed by atoms with Gasteiger partial charge in [-0.05, 0) is 6.42 Å². The van der Waals surface area contributed by atoms with Crippen molar-refractivity contribution in [2.75, 3.05) is 0 Å². The van der Waals surface area contributed by atoms with Gasteiger partial charge in [-0.3, -0.25) is 0 Å². The molecule has 0 heterocycles. The van der Waals surface area contributed by atoms with Gasteiger partial charge in [0.25, 0.3) is 0 Å². The van der Waals surface area contributed by atoms with E-state index >= 15 is 0 Å². The summed E-state index contributed by atoms with van der Waals surface area (Å²) in [5, 5.41) is 0. The molecular formula is C7H10F5. The lowest BCUT2D eigenvalue weighted by molar-refractivity contribution is -0.230. The fourth-order valence-electron chi connectivity index (χ4n) is 0.635. The standard InChI is InChI=1S/C7H10F5/c1-3-4-5(8)7(11,12)6(2,9)10/h5H,1,3-4H2,2H3/t5-/m0/s1. The highest BCUT2D eigenvalue weighted by Crippen LogP contribution is 2.39. The maximum Gasteiger partial charge on any atom is 0.340 e. The van der Waals surface area contributed by atoms with Crippen LogP contribution in [-0.2, 0) is 0 Å². The number of rotatable bonds is 4. The van der Waals surface area contributed by atoms with Gasteiger partial charge < -0.3 is 0 Å². The van der Waals surface area contributed by atoms with E-state index < -0.39 is 24.4 Å². The zero-order valence-corrected chi connectivity index (χ0v) is 6.59. The Morgan fingerprint density at radius 1 is 1.25 bits per heavy atom. The fourth-order valence-corrected chi connectivity index (χ4v) is 0.635. The number of alkyl halides is 5. The first-order valence-electron chi connectivity index (χ1n) is 3.42. The van der Waals surface area contributed by atoms with E-state index in [1.165, 1.54) is 0 Å². The van der Waals surface area contributed by atoms with E-state index in [0.717, 1.165) is 0 Å². The third-order valence-corrected chi connectivity index (χ3v) is 1.44. The van der Waals surface area contributed by atoms with Gasteiger partial charge in [0.15, 0.2) is 6.17 Å². The maximum atomic E-state index is 12.4. The molecule has 5 heteroatoms. The highest BCUT2D eigenvalue weighted by molar-refractivity contribution is 4.87. The number of hydrogen-bond acceptors (Lipinski definition) is 0.